The molecule has 2 aliphatic rings. The molecule has 2 unspecified atom stereocenters. The molecule has 2 fully saturated rings. The number of rotatable bonds is 3. The molecule has 0 N–H and O–H groups in total. The molecule has 5 rings (SSSR count). The molecule has 7 nitrogen and oxygen atoms in total. The zero-order chi connectivity index (χ0) is 16.8. The zero-order valence-corrected chi connectivity index (χ0v) is 13.9. The lowest BCUT2D eigenvalue weighted by Gasteiger charge is -2.39. The fourth-order valence-corrected chi connectivity index (χ4v) is 4.54. The fraction of sp³-hybridized carbons (Fsp3) is 0.444. The molecule has 25 heavy (non-hydrogen) atoms. The van der Waals surface area contributed by atoms with Gasteiger partial charge in [0.05, 0.1) is 23.4 Å². The molecule has 0 spiro atoms. The lowest BCUT2D eigenvalue weighted by atomic mass is 9.97. The van der Waals surface area contributed by atoms with Gasteiger partial charge in [-0.3, -0.25) is 4.79 Å². The van der Waals surface area contributed by atoms with E-state index in [9.17, 15) is 4.79 Å². The molecule has 3 aromatic rings. The van der Waals surface area contributed by atoms with Gasteiger partial charge in [-0.05, 0) is 37.8 Å². The summed E-state index contributed by atoms with van der Waals surface area (Å²) in [5.74, 6) is 0.202. The van der Waals surface area contributed by atoms with Gasteiger partial charge in [-0.25, -0.2) is 14.6 Å². The Morgan fingerprint density at radius 1 is 1.08 bits per heavy atom. The van der Waals surface area contributed by atoms with Crippen molar-refractivity contribution in [2.24, 2.45) is 0 Å². The Balaban J connectivity index is 1.35. The Hall–Kier alpha value is -2.70. The number of amides is 1. The van der Waals surface area contributed by atoms with Gasteiger partial charge in [0.1, 0.15) is 19.2 Å². The predicted octanol–water partition coefficient (Wildman–Crippen LogP) is 2.02. The van der Waals surface area contributed by atoms with E-state index in [4.69, 9.17) is 0 Å². The summed E-state index contributed by atoms with van der Waals surface area (Å²) in [6.45, 7) is 0.363. The van der Waals surface area contributed by atoms with E-state index in [-0.39, 0.29) is 5.91 Å². The third kappa shape index (κ3) is 2.42. The van der Waals surface area contributed by atoms with Crippen LogP contribution in [-0.4, -0.2) is 47.2 Å². The van der Waals surface area contributed by atoms with Crippen molar-refractivity contribution in [2.75, 3.05) is 0 Å². The molecule has 1 aromatic carbocycles. The van der Waals surface area contributed by atoms with Gasteiger partial charge in [0.25, 0.3) is 0 Å². The quantitative estimate of drug-likeness (QED) is 0.734. The first-order chi connectivity index (χ1) is 12.3. The third-order valence-corrected chi connectivity index (χ3v) is 5.64. The highest BCUT2D eigenvalue weighted by Crippen LogP contribution is 2.40. The van der Waals surface area contributed by atoms with Gasteiger partial charge in [0.15, 0.2) is 0 Å². The second kappa shape index (κ2) is 5.68. The van der Waals surface area contributed by atoms with Crippen LogP contribution in [0, 0.1) is 0 Å². The van der Waals surface area contributed by atoms with Crippen LogP contribution in [0.3, 0.4) is 0 Å². The number of piperidine rings is 1. The maximum atomic E-state index is 13.0. The summed E-state index contributed by atoms with van der Waals surface area (Å²) in [5.41, 5.74) is 1.95. The summed E-state index contributed by atoms with van der Waals surface area (Å²) in [4.78, 5) is 23.6. The van der Waals surface area contributed by atoms with Crippen molar-refractivity contribution >= 4 is 16.9 Å². The molecular formula is C18H20N6O. The van der Waals surface area contributed by atoms with Gasteiger partial charge in [-0.15, -0.1) is 0 Å². The van der Waals surface area contributed by atoms with Crippen LogP contribution in [0.2, 0.25) is 0 Å². The van der Waals surface area contributed by atoms with E-state index < -0.39 is 0 Å². The van der Waals surface area contributed by atoms with E-state index in [1.54, 1.807) is 19.0 Å². The monoisotopic (exact) mass is 336 g/mol. The summed E-state index contributed by atoms with van der Waals surface area (Å²) >= 11 is 0. The Morgan fingerprint density at radius 3 is 2.64 bits per heavy atom. The molecule has 0 saturated carbocycles. The van der Waals surface area contributed by atoms with Crippen molar-refractivity contribution in [3.8, 4) is 0 Å². The van der Waals surface area contributed by atoms with Gasteiger partial charge in [-0.2, -0.15) is 5.10 Å². The minimum atomic E-state index is 0.202. The van der Waals surface area contributed by atoms with Crippen molar-refractivity contribution in [3.63, 3.8) is 0 Å². The number of nitrogens with zero attached hydrogens (tertiary/aromatic N) is 6. The molecular weight excluding hydrogens is 316 g/mol. The zero-order valence-electron chi connectivity index (χ0n) is 13.9. The average Bonchev–Trinajstić information content (AvgIpc) is 3.34. The SMILES string of the molecule is O=C(Cn1cnc2ccccc21)N1C2CCC1CC(n1cncn1)C2. The lowest BCUT2D eigenvalue weighted by molar-refractivity contribution is -0.136. The number of hydrogen-bond acceptors (Lipinski definition) is 4. The van der Waals surface area contributed by atoms with Crippen LogP contribution in [0.1, 0.15) is 31.7 Å². The van der Waals surface area contributed by atoms with Crippen LogP contribution in [0.25, 0.3) is 11.0 Å². The van der Waals surface area contributed by atoms with E-state index in [2.05, 4.69) is 20.0 Å². The number of aromatic nitrogens is 5. The van der Waals surface area contributed by atoms with E-state index in [0.717, 1.165) is 36.7 Å². The van der Waals surface area contributed by atoms with Crippen molar-refractivity contribution in [2.45, 2.75) is 50.4 Å². The maximum Gasteiger partial charge on any atom is 0.243 e. The number of imidazole rings is 1. The first-order valence-electron chi connectivity index (χ1n) is 8.85. The summed E-state index contributed by atoms with van der Waals surface area (Å²) in [7, 11) is 0. The number of fused-ring (bicyclic) bond motifs is 3. The van der Waals surface area contributed by atoms with Crippen molar-refractivity contribution in [1.29, 1.82) is 0 Å². The van der Waals surface area contributed by atoms with E-state index in [0.29, 0.717) is 24.7 Å². The molecule has 2 saturated heterocycles. The molecule has 128 valence electrons. The summed E-state index contributed by atoms with van der Waals surface area (Å²) in [6.07, 6.45) is 9.26. The molecule has 4 heterocycles. The molecule has 1 amide bonds. The first-order valence-corrected chi connectivity index (χ1v) is 8.85. The Morgan fingerprint density at radius 2 is 1.88 bits per heavy atom. The molecule has 2 bridgehead atoms. The average molecular weight is 336 g/mol. The third-order valence-electron chi connectivity index (χ3n) is 5.64. The van der Waals surface area contributed by atoms with E-state index in [1.807, 2.05) is 33.5 Å². The van der Waals surface area contributed by atoms with E-state index in [1.165, 1.54) is 0 Å². The number of hydrogen-bond donors (Lipinski definition) is 0. The van der Waals surface area contributed by atoms with Gasteiger partial charge in [-0.1, -0.05) is 12.1 Å². The smallest absolute Gasteiger partial charge is 0.243 e. The van der Waals surface area contributed by atoms with Crippen molar-refractivity contribution in [1.82, 2.24) is 29.2 Å². The highest BCUT2D eigenvalue weighted by molar-refractivity contribution is 5.81. The first kappa shape index (κ1) is 14.6. The number of benzene rings is 1. The van der Waals surface area contributed by atoms with Crippen LogP contribution in [0.5, 0.6) is 0 Å². The normalized spacial score (nSPS) is 25.6. The Bertz CT molecular complexity index is 887. The summed E-state index contributed by atoms with van der Waals surface area (Å²) in [5, 5.41) is 4.29. The van der Waals surface area contributed by atoms with Gasteiger partial charge < -0.3 is 9.47 Å². The maximum absolute atomic E-state index is 13.0. The molecule has 2 aliphatic heterocycles. The molecule has 7 heteroatoms. The van der Waals surface area contributed by atoms with Crippen LogP contribution in [0.15, 0.2) is 43.2 Å². The van der Waals surface area contributed by atoms with E-state index >= 15 is 0 Å². The van der Waals surface area contributed by atoms with Crippen molar-refractivity contribution in [3.05, 3.63) is 43.2 Å². The summed E-state index contributed by atoms with van der Waals surface area (Å²) < 4.78 is 3.91. The van der Waals surface area contributed by atoms with Crippen LogP contribution in [-0.2, 0) is 11.3 Å². The standard InChI is InChI=1S/C18H20N6O/c25-18(9-22-12-20-16-3-1-2-4-17(16)22)24-13-5-6-14(24)8-15(7-13)23-11-19-10-21-23/h1-4,10-15H,5-9H2. The van der Waals surface area contributed by atoms with Gasteiger partial charge in [0.2, 0.25) is 5.91 Å². The van der Waals surface area contributed by atoms with Crippen molar-refractivity contribution < 1.29 is 4.79 Å². The van der Waals surface area contributed by atoms with Crippen LogP contribution in [0.4, 0.5) is 0 Å². The minimum absolute atomic E-state index is 0.202. The van der Waals surface area contributed by atoms with Crippen LogP contribution >= 0.6 is 0 Å². The van der Waals surface area contributed by atoms with Gasteiger partial charge >= 0.3 is 0 Å². The van der Waals surface area contributed by atoms with Gasteiger partial charge in [0, 0.05) is 12.1 Å². The minimum Gasteiger partial charge on any atom is -0.335 e. The number of para-hydroxylation sites is 2. The number of carbonyl (C=O) groups excluding carboxylic acids is 1. The van der Waals surface area contributed by atoms with Crippen LogP contribution < -0.4 is 0 Å². The second-order valence-corrected chi connectivity index (χ2v) is 7.05. The molecule has 0 radical (unpaired) electrons. The Labute approximate surface area is 145 Å². The molecule has 2 atom stereocenters. The highest BCUT2D eigenvalue weighted by Gasteiger charge is 2.43. The second-order valence-electron chi connectivity index (χ2n) is 7.05. The number of carbonyl (C=O) groups is 1. The molecule has 2 aromatic heterocycles. The molecule has 0 aliphatic carbocycles. The predicted molar refractivity (Wildman–Crippen MR) is 91.7 cm³/mol. The topological polar surface area (TPSA) is 68.8 Å². The Kier molecular flexibility index (Phi) is 3.33. The highest BCUT2D eigenvalue weighted by atomic mass is 16.2. The largest absolute Gasteiger partial charge is 0.335 e. The lowest BCUT2D eigenvalue weighted by Crippen LogP contribution is -2.48. The summed E-state index contributed by atoms with van der Waals surface area (Å²) in [6, 6.07) is 8.93. The fourth-order valence-electron chi connectivity index (χ4n) is 4.54.